The molecule has 0 radical (unpaired) electrons. The third kappa shape index (κ3) is 4.64. The highest BCUT2D eigenvalue weighted by Gasteiger charge is 2.30. The number of hydrogen-bond acceptors (Lipinski definition) is 7. The number of carbonyl (C=O) groups is 1. The maximum Gasteiger partial charge on any atom is 0.270 e. The van der Waals surface area contributed by atoms with Crippen molar-refractivity contribution in [3.63, 3.8) is 0 Å². The zero-order valence-electron chi connectivity index (χ0n) is 19.3. The summed E-state index contributed by atoms with van der Waals surface area (Å²) in [5.74, 6) is 1.33. The third-order valence-electron chi connectivity index (χ3n) is 6.32. The number of fused-ring (bicyclic) bond motifs is 1. The molecule has 1 aromatic carbocycles. The first-order valence-electron chi connectivity index (χ1n) is 11.6. The molecular weight excluding hydrogens is 432 g/mol. The van der Waals surface area contributed by atoms with Gasteiger partial charge in [-0.2, -0.15) is 0 Å². The second kappa shape index (κ2) is 9.48. The molecule has 0 saturated carbocycles. The molecule has 0 aliphatic carbocycles. The van der Waals surface area contributed by atoms with Gasteiger partial charge in [-0.15, -0.1) is 0 Å². The van der Waals surface area contributed by atoms with Crippen molar-refractivity contribution < 1.29 is 19.4 Å². The minimum atomic E-state index is -0.717. The van der Waals surface area contributed by atoms with Gasteiger partial charge in [-0.05, 0) is 31.0 Å². The third-order valence-corrected chi connectivity index (χ3v) is 6.32. The summed E-state index contributed by atoms with van der Waals surface area (Å²) in [5.41, 5.74) is 5.08. The van der Waals surface area contributed by atoms with Gasteiger partial charge in [0.2, 0.25) is 0 Å². The highest BCUT2D eigenvalue weighted by Crippen LogP contribution is 2.37. The second-order valence-corrected chi connectivity index (χ2v) is 8.97. The van der Waals surface area contributed by atoms with Crippen molar-refractivity contribution in [3.8, 4) is 17.0 Å². The lowest BCUT2D eigenvalue weighted by Gasteiger charge is -2.28. The first kappa shape index (κ1) is 22.4. The zero-order valence-corrected chi connectivity index (χ0v) is 19.3. The minimum Gasteiger partial charge on any atom is -0.491 e. The number of aliphatic hydroxyl groups is 1. The average Bonchev–Trinajstić information content (AvgIpc) is 3.22. The van der Waals surface area contributed by atoms with Crippen LogP contribution in [-0.4, -0.2) is 57.9 Å². The predicted molar refractivity (Wildman–Crippen MR) is 126 cm³/mol. The Kier molecular flexibility index (Phi) is 6.26. The van der Waals surface area contributed by atoms with Crippen molar-refractivity contribution >= 4 is 5.91 Å². The molecule has 8 nitrogen and oxygen atoms in total. The summed E-state index contributed by atoms with van der Waals surface area (Å²) >= 11 is 0. The van der Waals surface area contributed by atoms with E-state index in [9.17, 15) is 9.90 Å². The SMILES string of the molecule is Cc1nccc(-c2ccc(Cc3cc(C(=O)NC4CCOC[C@@H]4O)nc4c3OCC4C)cc2)n1. The van der Waals surface area contributed by atoms with E-state index < -0.39 is 6.10 Å². The molecule has 34 heavy (non-hydrogen) atoms. The number of aromatic nitrogens is 3. The number of carbonyl (C=O) groups excluding carboxylic acids is 1. The molecule has 0 spiro atoms. The standard InChI is InChI=1S/C26H28N4O4/c1-15-13-34-25-19(11-17-3-5-18(6-4-17)20-7-9-27-16(2)28-20)12-22(29-24(15)25)26(32)30-21-8-10-33-14-23(21)31/h3-7,9,12,15,21,23,31H,8,10-11,13-14H2,1-2H3,(H,30,32)/t15?,21?,23-/m0/s1. The van der Waals surface area contributed by atoms with Gasteiger partial charge in [-0.25, -0.2) is 15.0 Å². The quantitative estimate of drug-likeness (QED) is 0.603. The van der Waals surface area contributed by atoms with Gasteiger partial charge in [0.25, 0.3) is 5.91 Å². The Hall–Kier alpha value is -3.36. The maximum absolute atomic E-state index is 13.0. The Bertz CT molecular complexity index is 1200. The predicted octanol–water partition coefficient (Wildman–Crippen LogP) is 2.81. The average molecular weight is 461 g/mol. The van der Waals surface area contributed by atoms with E-state index in [0.29, 0.717) is 31.7 Å². The number of benzene rings is 1. The van der Waals surface area contributed by atoms with Crippen molar-refractivity contribution in [2.45, 2.75) is 44.8 Å². The molecule has 0 bridgehead atoms. The Morgan fingerprint density at radius 3 is 2.76 bits per heavy atom. The van der Waals surface area contributed by atoms with Crippen molar-refractivity contribution in [3.05, 3.63) is 70.9 Å². The Balaban J connectivity index is 1.39. The summed E-state index contributed by atoms with van der Waals surface area (Å²) < 4.78 is 11.2. The molecule has 1 amide bonds. The van der Waals surface area contributed by atoms with E-state index in [1.54, 1.807) is 12.3 Å². The van der Waals surface area contributed by atoms with E-state index in [2.05, 4.69) is 32.4 Å². The molecule has 2 aliphatic rings. The molecule has 3 atom stereocenters. The van der Waals surface area contributed by atoms with E-state index in [1.165, 1.54) is 0 Å². The summed E-state index contributed by atoms with van der Waals surface area (Å²) in [6, 6.07) is 11.6. The van der Waals surface area contributed by atoms with Crippen LogP contribution in [0, 0.1) is 6.92 Å². The van der Waals surface area contributed by atoms with Crippen molar-refractivity contribution in [2.24, 2.45) is 0 Å². The molecule has 2 aliphatic heterocycles. The Morgan fingerprint density at radius 1 is 1.18 bits per heavy atom. The first-order valence-corrected chi connectivity index (χ1v) is 11.6. The summed E-state index contributed by atoms with van der Waals surface area (Å²) in [7, 11) is 0. The van der Waals surface area contributed by atoms with Gasteiger partial charge in [-0.3, -0.25) is 4.79 Å². The number of nitrogens with one attached hydrogen (secondary N) is 1. The number of hydrogen-bond donors (Lipinski definition) is 2. The van der Waals surface area contributed by atoms with Crippen LogP contribution in [0.3, 0.4) is 0 Å². The van der Waals surface area contributed by atoms with Gasteiger partial charge in [0, 0.05) is 36.3 Å². The molecule has 176 valence electrons. The Morgan fingerprint density at radius 2 is 2.00 bits per heavy atom. The van der Waals surface area contributed by atoms with Gasteiger partial charge in [0.15, 0.2) is 0 Å². The lowest BCUT2D eigenvalue weighted by atomic mass is 9.99. The molecular formula is C26H28N4O4. The van der Waals surface area contributed by atoms with Crippen molar-refractivity contribution in [2.75, 3.05) is 19.8 Å². The lowest BCUT2D eigenvalue weighted by Crippen LogP contribution is -2.48. The molecule has 3 aromatic rings. The van der Waals surface area contributed by atoms with Crippen LogP contribution in [0.2, 0.25) is 0 Å². The van der Waals surface area contributed by atoms with E-state index in [-0.39, 0.29) is 24.5 Å². The van der Waals surface area contributed by atoms with Gasteiger partial charge in [0.1, 0.15) is 17.3 Å². The van der Waals surface area contributed by atoms with Gasteiger partial charge < -0.3 is 19.9 Å². The fraction of sp³-hybridized carbons (Fsp3) is 0.385. The smallest absolute Gasteiger partial charge is 0.270 e. The van der Waals surface area contributed by atoms with E-state index in [0.717, 1.165) is 39.7 Å². The summed E-state index contributed by atoms with van der Waals surface area (Å²) in [4.78, 5) is 26.3. The Labute approximate surface area is 198 Å². The maximum atomic E-state index is 13.0. The van der Waals surface area contributed by atoms with Crippen LogP contribution in [0.15, 0.2) is 42.6 Å². The van der Waals surface area contributed by atoms with Crippen LogP contribution in [0.1, 0.15) is 52.4 Å². The second-order valence-electron chi connectivity index (χ2n) is 8.97. The number of aryl methyl sites for hydroxylation is 1. The number of amides is 1. The molecule has 4 heterocycles. The van der Waals surface area contributed by atoms with E-state index >= 15 is 0 Å². The van der Waals surface area contributed by atoms with Crippen LogP contribution in [0.25, 0.3) is 11.3 Å². The van der Waals surface area contributed by atoms with Crippen LogP contribution in [0.4, 0.5) is 0 Å². The highest BCUT2D eigenvalue weighted by molar-refractivity contribution is 5.93. The van der Waals surface area contributed by atoms with Crippen LogP contribution < -0.4 is 10.1 Å². The molecule has 2 aromatic heterocycles. The van der Waals surface area contributed by atoms with Gasteiger partial charge in [-0.1, -0.05) is 31.2 Å². The van der Waals surface area contributed by atoms with Gasteiger partial charge >= 0.3 is 0 Å². The molecule has 5 rings (SSSR count). The molecule has 2 unspecified atom stereocenters. The fourth-order valence-electron chi connectivity index (χ4n) is 4.41. The largest absolute Gasteiger partial charge is 0.491 e. The number of pyridine rings is 1. The first-order chi connectivity index (χ1) is 16.5. The summed E-state index contributed by atoms with van der Waals surface area (Å²) in [6.45, 7) is 5.21. The topological polar surface area (TPSA) is 106 Å². The monoisotopic (exact) mass is 460 g/mol. The fourth-order valence-corrected chi connectivity index (χ4v) is 4.41. The number of rotatable bonds is 5. The van der Waals surface area contributed by atoms with Crippen LogP contribution in [0.5, 0.6) is 5.75 Å². The number of nitrogens with zero attached hydrogens (tertiary/aromatic N) is 3. The normalized spacial score (nSPS) is 21.6. The zero-order chi connectivity index (χ0) is 23.7. The molecule has 1 fully saturated rings. The lowest BCUT2D eigenvalue weighted by molar-refractivity contribution is -0.0261. The van der Waals surface area contributed by atoms with E-state index in [4.69, 9.17) is 9.47 Å². The number of aliphatic hydroxyl groups excluding tert-OH is 1. The number of ether oxygens (including phenoxy) is 2. The molecule has 2 N–H and O–H groups in total. The van der Waals surface area contributed by atoms with Crippen LogP contribution >= 0.6 is 0 Å². The van der Waals surface area contributed by atoms with E-state index in [1.807, 2.05) is 32.0 Å². The van der Waals surface area contributed by atoms with Crippen molar-refractivity contribution in [1.29, 1.82) is 0 Å². The minimum absolute atomic E-state index is 0.110. The molecule has 8 heteroatoms. The summed E-state index contributed by atoms with van der Waals surface area (Å²) in [6.07, 6.45) is 2.23. The summed E-state index contributed by atoms with van der Waals surface area (Å²) in [5, 5.41) is 13.1. The highest BCUT2D eigenvalue weighted by atomic mass is 16.5. The van der Waals surface area contributed by atoms with Gasteiger partial charge in [0.05, 0.1) is 36.7 Å². The van der Waals surface area contributed by atoms with Crippen molar-refractivity contribution in [1.82, 2.24) is 20.3 Å². The van der Waals surface area contributed by atoms with Crippen LogP contribution in [-0.2, 0) is 11.2 Å². The molecule has 1 saturated heterocycles.